The van der Waals surface area contributed by atoms with Crippen molar-refractivity contribution in [2.45, 2.75) is 31.9 Å². The minimum absolute atomic E-state index is 0. The Balaban J connectivity index is 0.00000280. The largest absolute Gasteiger partial charge is 0.465 e. The molecule has 11 heteroatoms. The van der Waals surface area contributed by atoms with Crippen LogP contribution in [0, 0.1) is 0 Å². The monoisotopic (exact) mass is 607 g/mol. The molecule has 0 aliphatic heterocycles. The molecular weight excluding hydrogens is 577 g/mol. The van der Waals surface area contributed by atoms with Crippen molar-refractivity contribution in [3.63, 3.8) is 0 Å². The minimum atomic E-state index is -1.14. The number of nitrogens with zero attached hydrogens (tertiary/aromatic N) is 1. The molecule has 1 amide bonds. The van der Waals surface area contributed by atoms with E-state index in [4.69, 9.17) is 21.4 Å². The molecule has 1 aromatic heterocycles. The molecule has 40 heavy (non-hydrogen) atoms. The number of benzene rings is 3. The van der Waals surface area contributed by atoms with Crippen LogP contribution in [0.15, 0.2) is 72.8 Å². The summed E-state index contributed by atoms with van der Waals surface area (Å²) in [4.78, 5) is 15.6. The van der Waals surface area contributed by atoms with Crippen LogP contribution < -0.4 is 15.4 Å². The van der Waals surface area contributed by atoms with Crippen molar-refractivity contribution in [3.05, 3.63) is 94.6 Å². The van der Waals surface area contributed by atoms with E-state index in [0.29, 0.717) is 46.1 Å². The molecule has 0 fully saturated rings. The van der Waals surface area contributed by atoms with Crippen molar-refractivity contribution in [2.24, 2.45) is 0 Å². The van der Waals surface area contributed by atoms with Gasteiger partial charge in [0.1, 0.15) is 11.5 Å². The van der Waals surface area contributed by atoms with Gasteiger partial charge in [0.05, 0.1) is 18.2 Å². The Bertz CT molecular complexity index is 1410. The lowest BCUT2D eigenvalue weighted by atomic mass is 10.0. The summed E-state index contributed by atoms with van der Waals surface area (Å²) in [6, 6.07) is 21.5. The van der Waals surface area contributed by atoms with Crippen LogP contribution in [0.25, 0.3) is 10.9 Å². The van der Waals surface area contributed by atoms with Crippen LogP contribution in [0.3, 0.4) is 0 Å². The molecule has 0 radical (unpaired) electrons. The number of rotatable bonds is 11. The molecule has 1 heterocycles. The number of ether oxygens (including phenoxy) is 1. The highest BCUT2D eigenvalue weighted by Crippen LogP contribution is 2.32. The number of halogens is 3. The smallest absolute Gasteiger partial charge is 0.409 e. The first-order valence-electron chi connectivity index (χ1n) is 12.3. The van der Waals surface area contributed by atoms with Crippen LogP contribution in [-0.2, 0) is 12.8 Å². The van der Waals surface area contributed by atoms with Gasteiger partial charge < -0.3 is 25.4 Å². The first kappa shape index (κ1) is 33.1. The number of fused-ring (bicyclic) bond motifs is 1. The summed E-state index contributed by atoms with van der Waals surface area (Å²) in [6.45, 7) is 2.19. The lowest BCUT2D eigenvalue weighted by Gasteiger charge is -2.19. The Hall–Kier alpha value is -3.11. The summed E-state index contributed by atoms with van der Waals surface area (Å²) in [5, 5.41) is 36.2. The van der Waals surface area contributed by atoms with Gasteiger partial charge in [-0.2, -0.15) is 0 Å². The summed E-state index contributed by atoms with van der Waals surface area (Å²) >= 11 is 6.01. The summed E-state index contributed by atoms with van der Waals surface area (Å²) in [5.41, 5.74) is 3.62. The molecule has 2 atom stereocenters. The van der Waals surface area contributed by atoms with Gasteiger partial charge in [-0.05, 0) is 66.4 Å². The van der Waals surface area contributed by atoms with Crippen LogP contribution in [0.1, 0.15) is 29.8 Å². The van der Waals surface area contributed by atoms with Gasteiger partial charge in [0.15, 0.2) is 0 Å². The summed E-state index contributed by atoms with van der Waals surface area (Å²) in [5.74, 6) is 1.27. The maximum Gasteiger partial charge on any atom is 0.409 e. The van der Waals surface area contributed by atoms with Gasteiger partial charge in [-0.25, -0.2) is 4.79 Å². The van der Waals surface area contributed by atoms with Crippen LogP contribution >= 0.6 is 36.4 Å². The first-order valence-corrected chi connectivity index (χ1v) is 12.7. The summed E-state index contributed by atoms with van der Waals surface area (Å²) in [7, 11) is 0. The van der Waals surface area contributed by atoms with E-state index < -0.39 is 12.2 Å². The fourth-order valence-corrected chi connectivity index (χ4v) is 4.33. The molecule has 4 aromatic rings. The maximum absolute atomic E-state index is 11.0. The zero-order chi connectivity index (χ0) is 27.1. The van der Waals surface area contributed by atoms with Crippen LogP contribution in [0.4, 0.5) is 10.5 Å². The molecule has 5 N–H and O–H groups in total. The molecule has 0 aliphatic carbocycles. The molecule has 214 valence electrons. The Morgan fingerprint density at radius 2 is 1.80 bits per heavy atom. The average molecular weight is 609 g/mol. The number of hydrogen-bond donors (Lipinski definition) is 5. The maximum atomic E-state index is 11.0. The lowest BCUT2D eigenvalue weighted by Crippen LogP contribution is -2.37. The molecular formula is C29H32Cl3N3O5. The highest BCUT2D eigenvalue weighted by molar-refractivity contribution is 6.30. The predicted molar refractivity (Wildman–Crippen MR) is 163 cm³/mol. The Morgan fingerprint density at radius 3 is 2.45 bits per heavy atom. The molecule has 0 saturated heterocycles. The fourth-order valence-electron chi connectivity index (χ4n) is 4.13. The van der Waals surface area contributed by atoms with E-state index in [-0.39, 0.29) is 44.0 Å². The van der Waals surface area contributed by atoms with E-state index in [9.17, 15) is 15.0 Å². The van der Waals surface area contributed by atoms with E-state index in [1.165, 1.54) is 0 Å². The first-order chi connectivity index (χ1) is 18.3. The van der Waals surface area contributed by atoms with Gasteiger partial charge >= 0.3 is 6.09 Å². The predicted octanol–water partition coefficient (Wildman–Crippen LogP) is 6.40. The number of aliphatic hydroxyl groups is 2. The number of carboxylic acid groups (broad SMARTS) is 1. The van der Waals surface area contributed by atoms with E-state index in [1.54, 1.807) is 36.4 Å². The molecule has 3 aromatic carbocycles. The van der Waals surface area contributed by atoms with Crippen molar-refractivity contribution in [1.29, 1.82) is 0 Å². The normalized spacial score (nSPS) is 12.1. The second-order valence-electron chi connectivity index (χ2n) is 8.94. The van der Waals surface area contributed by atoms with Crippen molar-refractivity contribution in [2.75, 3.05) is 18.5 Å². The standard InChI is InChI=1S/C29H30ClN3O5.2ClH/c1-2-21-15-28(25-11-8-22(33-29(36)37)14-26(25)32-21)38-24-9-6-18(7-10-24)12-23(17-34)31-16-27(35)19-4-3-5-20(30)13-19;;/h3-11,13-15,23,27,31,33-35H,2,12,16-17H2,1H3,(H,36,37);2*1H/t23-,27-;;/m0../s1. The third-order valence-corrected chi connectivity index (χ3v) is 6.36. The van der Waals surface area contributed by atoms with Gasteiger partial charge in [0.25, 0.3) is 0 Å². The van der Waals surface area contributed by atoms with Gasteiger partial charge in [0.2, 0.25) is 0 Å². The number of aliphatic hydroxyl groups excluding tert-OH is 2. The number of hydrogen-bond acceptors (Lipinski definition) is 6. The molecule has 4 rings (SSSR count). The molecule has 0 bridgehead atoms. The Kier molecular flexibility index (Phi) is 12.9. The van der Waals surface area contributed by atoms with Crippen LogP contribution in [0.2, 0.25) is 5.02 Å². The number of aromatic nitrogens is 1. The third kappa shape index (κ3) is 8.96. The molecule has 0 saturated carbocycles. The van der Waals surface area contributed by atoms with E-state index >= 15 is 0 Å². The number of aryl methyl sites for hydroxylation is 1. The van der Waals surface area contributed by atoms with E-state index in [1.807, 2.05) is 43.3 Å². The zero-order valence-electron chi connectivity index (χ0n) is 21.7. The number of pyridine rings is 1. The van der Waals surface area contributed by atoms with Crippen LogP contribution in [0.5, 0.6) is 11.5 Å². The van der Waals surface area contributed by atoms with Gasteiger partial charge in [-0.1, -0.05) is 42.8 Å². The minimum Gasteiger partial charge on any atom is -0.465 e. The Morgan fingerprint density at radius 1 is 1.05 bits per heavy atom. The number of amides is 1. The second-order valence-corrected chi connectivity index (χ2v) is 9.37. The highest BCUT2D eigenvalue weighted by Gasteiger charge is 2.14. The Labute approximate surface area is 250 Å². The number of nitrogens with one attached hydrogen (secondary N) is 2. The third-order valence-electron chi connectivity index (χ3n) is 6.13. The molecule has 0 aliphatic rings. The molecule has 8 nitrogen and oxygen atoms in total. The summed E-state index contributed by atoms with van der Waals surface area (Å²) in [6.07, 6.45) is -0.610. The highest BCUT2D eigenvalue weighted by atomic mass is 35.5. The van der Waals surface area contributed by atoms with Crippen molar-refractivity contribution >= 4 is 59.1 Å². The number of anilines is 1. The van der Waals surface area contributed by atoms with Gasteiger partial charge in [-0.3, -0.25) is 10.3 Å². The summed E-state index contributed by atoms with van der Waals surface area (Å²) < 4.78 is 6.19. The van der Waals surface area contributed by atoms with Crippen molar-refractivity contribution in [1.82, 2.24) is 10.3 Å². The second kappa shape index (κ2) is 15.6. The number of carbonyl (C=O) groups is 1. The lowest BCUT2D eigenvalue weighted by molar-refractivity contribution is 0.158. The topological polar surface area (TPSA) is 124 Å². The zero-order valence-corrected chi connectivity index (χ0v) is 24.1. The van der Waals surface area contributed by atoms with E-state index in [0.717, 1.165) is 16.6 Å². The van der Waals surface area contributed by atoms with Crippen molar-refractivity contribution in [3.8, 4) is 11.5 Å². The van der Waals surface area contributed by atoms with E-state index in [2.05, 4.69) is 15.6 Å². The van der Waals surface area contributed by atoms with Crippen molar-refractivity contribution < 1.29 is 24.9 Å². The van der Waals surface area contributed by atoms with Gasteiger partial charge in [-0.15, -0.1) is 24.8 Å². The van der Waals surface area contributed by atoms with Gasteiger partial charge in [0, 0.05) is 40.4 Å². The average Bonchev–Trinajstić information content (AvgIpc) is 2.91. The molecule has 0 unspecified atom stereocenters. The molecule has 0 spiro atoms. The van der Waals surface area contributed by atoms with Crippen LogP contribution in [-0.4, -0.2) is 45.6 Å². The SMILES string of the molecule is CCc1cc(Oc2ccc(C[C@@H](CO)NC[C@H](O)c3cccc(Cl)c3)cc2)c2ccc(NC(=O)O)cc2n1.Cl.Cl. The quantitative estimate of drug-likeness (QED) is 0.133. The fraction of sp³-hybridized carbons (Fsp3) is 0.241.